The highest BCUT2D eigenvalue weighted by Gasteiger charge is 2.21. The van der Waals surface area contributed by atoms with Crippen LogP contribution in [0, 0.1) is 0 Å². The van der Waals surface area contributed by atoms with Crippen LogP contribution in [-0.4, -0.2) is 48.6 Å². The molecule has 1 aromatic carbocycles. The van der Waals surface area contributed by atoms with Crippen LogP contribution in [0.15, 0.2) is 18.5 Å². The Morgan fingerprint density at radius 1 is 1.00 bits per heavy atom. The Labute approximate surface area is 133 Å². The van der Waals surface area contributed by atoms with Crippen LogP contribution in [0.4, 0.5) is 5.69 Å². The molecule has 2 unspecified atom stereocenters. The summed E-state index contributed by atoms with van der Waals surface area (Å²) in [5.74, 6) is 1.16. The summed E-state index contributed by atoms with van der Waals surface area (Å²) < 4.78 is 22.5. The second kappa shape index (κ2) is 6.17. The molecule has 2 aliphatic heterocycles. The minimum Gasteiger partial charge on any atom is -0.486 e. The maximum atomic E-state index is 6.14. The first-order chi connectivity index (χ1) is 11.3. The summed E-state index contributed by atoms with van der Waals surface area (Å²) in [6.45, 7) is 2.63. The molecule has 4 rings (SSSR count). The minimum absolute atomic E-state index is 0.0286. The first-order valence-corrected chi connectivity index (χ1v) is 7.82. The maximum Gasteiger partial charge on any atom is 0.224 e. The van der Waals surface area contributed by atoms with Gasteiger partial charge in [0.05, 0.1) is 43.0 Å². The molecule has 0 spiro atoms. The lowest BCUT2D eigenvalue weighted by atomic mass is 10.2. The largest absolute Gasteiger partial charge is 0.486 e. The van der Waals surface area contributed by atoms with Crippen molar-refractivity contribution in [3.05, 3.63) is 18.5 Å². The van der Waals surface area contributed by atoms with Crippen LogP contribution in [0.25, 0.3) is 10.9 Å². The van der Waals surface area contributed by atoms with E-state index in [4.69, 9.17) is 24.7 Å². The van der Waals surface area contributed by atoms with Gasteiger partial charge in [0.2, 0.25) is 5.88 Å². The fraction of sp³-hybridized carbons (Fsp3) is 0.500. The van der Waals surface area contributed by atoms with Crippen LogP contribution in [0.1, 0.15) is 12.8 Å². The highest BCUT2D eigenvalue weighted by molar-refractivity contribution is 5.88. The van der Waals surface area contributed by atoms with Crippen molar-refractivity contribution in [2.75, 3.05) is 32.2 Å². The molecule has 23 heavy (non-hydrogen) atoms. The fourth-order valence-electron chi connectivity index (χ4n) is 2.82. The molecular formula is C16H19N3O4. The number of benzene rings is 1. The Morgan fingerprint density at radius 2 is 1.74 bits per heavy atom. The van der Waals surface area contributed by atoms with Gasteiger partial charge in [0.25, 0.3) is 0 Å². The first-order valence-electron chi connectivity index (χ1n) is 7.82. The van der Waals surface area contributed by atoms with Gasteiger partial charge in [-0.2, -0.15) is 0 Å². The van der Waals surface area contributed by atoms with Gasteiger partial charge in [-0.25, -0.2) is 9.97 Å². The normalized spacial score (nSPS) is 24.2. The average molecular weight is 317 g/mol. The fourth-order valence-corrected chi connectivity index (χ4v) is 2.82. The van der Waals surface area contributed by atoms with Crippen molar-refractivity contribution in [3.63, 3.8) is 0 Å². The lowest BCUT2D eigenvalue weighted by Crippen LogP contribution is -2.17. The van der Waals surface area contributed by atoms with E-state index in [2.05, 4.69) is 9.97 Å². The van der Waals surface area contributed by atoms with E-state index >= 15 is 0 Å². The van der Waals surface area contributed by atoms with Crippen molar-refractivity contribution in [2.45, 2.75) is 25.0 Å². The number of nitrogens with two attached hydrogens (primary N) is 1. The SMILES string of the molecule is Nc1cc2c(OC3CCOC3)ncnc2cc1OC1CCOC1. The molecule has 0 radical (unpaired) electrons. The van der Waals surface area contributed by atoms with E-state index in [9.17, 15) is 0 Å². The molecule has 3 heterocycles. The van der Waals surface area contributed by atoms with Gasteiger partial charge < -0.3 is 24.7 Å². The molecule has 1 aromatic heterocycles. The standard InChI is InChI=1S/C16H19N3O4/c17-13-5-12-14(6-15(13)22-10-1-3-20-7-10)18-9-19-16(12)23-11-2-4-21-8-11/h5-6,9-11H,1-4,7-8,17H2. The van der Waals surface area contributed by atoms with Crippen LogP contribution < -0.4 is 15.2 Å². The van der Waals surface area contributed by atoms with E-state index in [1.54, 1.807) is 0 Å². The number of anilines is 1. The minimum atomic E-state index is 0.0286. The van der Waals surface area contributed by atoms with Gasteiger partial charge >= 0.3 is 0 Å². The number of nitrogens with zero attached hydrogens (tertiary/aromatic N) is 2. The van der Waals surface area contributed by atoms with E-state index in [1.807, 2.05) is 12.1 Å². The topological polar surface area (TPSA) is 88.7 Å². The van der Waals surface area contributed by atoms with E-state index in [0.717, 1.165) is 37.0 Å². The van der Waals surface area contributed by atoms with Crippen molar-refractivity contribution in [1.82, 2.24) is 9.97 Å². The van der Waals surface area contributed by atoms with E-state index in [1.165, 1.54) is 6.33 Å². The second-order valence-electron chi connectivity index (χ2n) is 5.79. The van der Waals surface area contributed by atoms with E-state index in [-0.39, 0.29) is 12.2 Å². The van der Waals surface area contributed by atoms with Crippen molar-refractivity contribution in [2.24, 2.45) is 0 Å². The summed E-state index contributed by atoms with van der Waals surface area (Å²) in [6.07, 6.45) is 3.30. The van der Waals surface area contributed by atoms with Gasteiger partial charge in [0.1, 0.15) is 24.3 Å². The molecule has 122 valence electrons. The van der Waals surface area contributed by atoms with Crippen molar-refractivity contribution < 1.29 is 18.9 Å². The van der Waals surface area contributed by atoms with Crippen molar-refractivity contribution in [3.8, 4) is 11.6 Å². The summed E-state index contributed by atoms with van der Waals surface area (Å²) in [7, 11) is 0. The second-order valence-corrected chi connectivity index (χ2v) is 5.79. The zero-order chi connectivity index (χ0) is 15.6. The van der Waals surface area contributed by atoms with Crippen LogP contribution in [0.2, 0.25) is 0 Å². The molecule has 7 heteroatoms. The Kier molecular flexibility index (Phi) is 3.88. The van der Waals surface area contributed by atoms with Crippen molar-refractivity contribution in [1.29, 1.82) is 0 Å². The third-order valence-electron chi connectivity index (χ3n) is 4.08. The Bertz CT molecular complexity index is 697. The first kappa shape index (κ1) is 14.5. The number of nitrogen functional groups attached to an aromatic ring is 1. The van der Waals surface area contributed by atoms with Crippen LogP contribution in [-0.2, 0) is 9.47 Å². The molecule has 0 bridgehead atoms. The maximum absolute atomic E-state index is 6.14. The third-order valence-corrected chi connectivity index (χ3v) is 4.08. The highest BCUT2D eigenvalue weighted by atomic mass is 16.6. The third kappa shape index (κ3) is 3.02. The smallest absolute Gasteiger partial charge is 0.224 e. The molecule has 2 N–H and O–H groups in total. The van der Waals surface area contributed by atoms with Gasteiger partial charge in [-0.1, -0.05) is 0 Å². The predicted molar refractivity (Wildman–Crippen MR) is 83.7 cm³/mol. The lowest BCUT2D eigenvalue weighted by molar-refractivity contribution is 0.139. The molecule has 2 saturated heterocycles. The Morgan fingerprint density at radius 3 is 2.43 bits per heavy atom. The zero-order valence-electron chi connectivity index (χ0n) is 12.7. The quantitative estimate of drug-likeness (QED) is 0.856. The van der Waals surface area contributed by atoms with Gasteiger partial charge in [-0.15, -0.1) is 0 Å². The molecule has 0 aliphatic carbocycles. The number of hydrogen-bond donors (Lipinski definition) is 1. The van der Waals surface area contributed by atoms with Gasteiger partial charge in [0.15, 0.2) is 0 Å². The van der Waals surface area contributed by atoms with Gasteiger partial charge in [-0.05, 0) is 6.07 Å². The zero-order valence-corrected chi connectivity index (χ0v) is 12.7. The molecule has 0 saturated carbocycles. The molecule has 2 atom stereocenters. The van der Waals surface area contributed by atoms with Crippen molar-refractivity contribution >= 4 is 16.6 Å². The van der Waals surface area contributed by atoms with E-state index < -0.39 is 0 Å². The monoisotopic (exact) mass is 317 g/mol. The molecule has 0 amide bonds. The lowest BCUT2D eigenvalue weighted by Gasteiger charge is -2.16. The molecule has 7 nitrogen and oxygen atoms in total. The summed E-state index contributed by atoms with van der Waals surface area (Å²) in [5.41, 5.74) is 7.44. The highest BCUT2D eigenvalue weighted by Crippen LogP contribution is 2.33. The number of ether oxygens (including phenoxy) is 4. The Hall–Kier alpha value is -2.12. The number of hydrogen-bond acceptors (Lipinski definition) is 7. The number of fused-ring (bicyclic) bond motifs is 1. The van der Waals surface area contributed by atoms with Crippen LogP contribution >= 0.6 is 0 Å². The van der Waals surface area contributed by atoms with E-state index in [0.29, 0.717) is 30.5 Å². The van der Waals surface area contributed by atoms with Crippen LogP contribution in [0.3, 0.4) is 0 Å². The van der Waals surface area contributed by atoms with Gasteiger partial charge in [0, 0.05) is 18.9 Å². The summed E-state index contributed by atoms with van der Waals surface area (Å²) in [6, 6.07) is 3.65. The molecule has 2 fully saturated rings. The number of rotatable bonds is 4. The summed E-state index contributed by atoms with van der Waals surface area (Å²) in [5, 5.41) is 0.784. The number of aromatic nitrogens is 2. The van der Waals surface area contributed by atoms with Crippen LogP contribution in [0.5, 0.6) is 11.6 Å². The Balaban J connectivity index is 1.63. The summed E-state index contributed by atoms with van der Waals surface area (Å²) >= 11 is 0. The molecule has 2 aromatic rings. The van der Waals surface area contributed by atoms with Gasteiger partial charge in [-0.3, -0.25) is 0 Å². The predicted octanol–water partition coefficient (Wildman–Crippen LogP) is 1.55. The average Bonchev–Trinajstić information content (AvgIpc) is 3.22. The molecular weight excluding hydrogens is 298 g/mol. The molecule has 2 aliphatic rings. The summed E-state index contributed by atoms with van der Waals surface area (Å²) in [4.78, 5) is 8.54.